The number of halogens is 3. The summed E-state index contributed by atoms with van der Waals surface area (Å²) in [6.45, 7) is 4.58. The largest absolute Gasteiger partial charge is 0.487 e. The number of hydrogen-bond acceptors (Lipinski definition) is 5. The van der Waals surface area contributed by atoms with Gasteiger partial charge in [0.1, 0.15) is 36.3 Å². The first-order valence-electron chi connectivity index (χ1n) is 12.9. The van der Waals surface area contributed by atoms with E-state index in [-0.39, 0.29) is 24.8 Å². The van der Waals surface area contributed by atoms with Crippen molar-refractivity contribution in [2.24, 2.45) is 5.10 Å². The Kier molecular flexibility index (Phi) is 9.62. The van der Waals surface area contributed by atoms with Gasteiger partial charge in [-0.2, -0.15) is 5.10 Å². The third-order valence-electron chi connectivity index (χ3n) is 6.31. The second-order valence-electron chi connectivity index (χ2n) is 9.43. The number of aryl methyl sites for hydroxylation is 2. The van der Waals surface area contributed by atoms with Crippen molar-refractivity contribution in [2.45, 2.75) is 27.1 Å². The van der Waals surface area contributed by atoms with E-state index < -0.39 is 5.91 Å². The lowest BCUT2D eigenvalue weighted by Crippen LogP contribution is -2.16. The molecule has 0 bridgehead atoms. The van der Waals surface area contributed by atoms with Gasteiger partial charge in [-0.05, 0) is 143 Å². The van der Waals surface area contributed by atoms with Gasteiger partial charge in [-0.3, -0.25) is 4.79 Å². The van der Waals surface area contributed by atoms with Gasteiger partial charge in [0.05, 0.1) is 13.4 Å². The highest BCUT2D eigenvalue weighted by molar-refractivity contribution is 14.1. The van der Waals surface area contributed by atoms with E-state index in [4.69, 9.17) is 13.9 Å². The number of furan rings is 1. The third-order valence-corrected chi connectivity index (χ3v) is 7.91. The zero-order valence-electron chi connectivity index (χ0n) is 22.7. The average molecular weight is 789 g/mol. The predicted octanol–water partition coefficient (Wildman–Crippen LogP) is 7.96. The van der Waals surface area contributed by atoms with Crippen LogP contribution in [0, 0.1) is 26.8 Å². The highest BCUT2D eigenvalue weighted by Gasteiger charge is 2.12. The molecule has 7 nitrogen and oxygen atoms in total. The minimum Gasteiger partial charge on any atom is -0.487 e. The van der Waals surface area contributed by atoms with Gasteiger partial charge in [-0.25, -0.2) is 9.82 Å². The smallest absolute Gasteiger partial charge is 0.307 e. The number of hydrazone groups is 1. The fourth-order valence-corrected chi connectivity index (χ4v) is 6.42. The summed E-state index contributed by atoms with van der Waals surface area (Å²) in [4.78, 5) is 12.5. The number of rotatable bonds is 10. The summed E-state index contributed by atoms with van der Waals surface area (Å²) in [5.74, 6) is 1.27. The lowest BCUT2D eigenvalue weighted by molar-refractivity contribution is 0.0923. The van der Waals surface area contributed by atoms with E-state index in [2.05, 4.69) is 86.3 Å². The van der Waals surface area contributed by atoms with Crippen molar-refractivity contribution in [3.63, 3.8) is 0 Å². The molecule has 0 saturated carbocycles. The highest BCUT2D eigenvalue weighted by atomic mass is 127. The third kappa shape index (κ3) is 7.40. The van der Waals surface area contributed by atoms with Crippen molar-refractivity contribution in [3.8, 4) is 17.2 Å². The van der Waals surface area contributed by atoms with E-state index in [0.29, 0.717) is 17.3 Å². The zero-order valence-corrected chi connectivity index (χ0v) is 27.1. The van der Waals surface area contributed by atoms with Gasteiger partial charge < -0.3 is 18.5 Å². The summed E-state index contributed by atoms with van der Waals surface area (Å²) in [7, 11) is 0. The monoisotopic (exact) mass is 789 g/mol. The molecule has 0 aliphatic carbocycles. The topological polar surface area (TPSA) is 78.0 Å². The summed E-state index contributed by atoms with van der Waals surface area (Å²) in [5.41, 5.74) is 7.41. The molecule has 214 valence electrons. The Balaban J connectivity index is 1.13. The van der Waals surface area contributed by atoms with Crippen LogP contribution >= 0.6 is 45.2 Å². The Labute approximate surface area is 270 Å². The molecule has 2 heterocycles. The minimum absolute atomic E-state index is 0.130. The molecule has 0 aliphatic rings. The van der Waals surface area contributed by atoms with Crippen LogP contribution in [0.25, 0.3) is 5.69 Å². The van der Waals surface area contributed by atoms with Crippen LogP contribution in [-0.4, -0.2) is 16.7 Å². The zero-order chi connectivity index (χ0) is 29.6. The number of amides is 1. The van der Waals surface area contributed by atoms with Crippen LogP contribution in [0.2, 0.25) is 0 Å². The number of benzene rings is 3. The molecular formula is C32H26FI2N3O4. The van der Waals surface area contributed by atoms with Crippen LogP contribution in [-0.2, 0) is 13.2 Å². The van der Waals surface area contributed by atoms with Crippen molar-refractivity contribution in [1.82, 2.24) is 9.99 Å². The van der Waals surface area contributed by atoms with Crippen LogP contribution in [0.5, 0.6) is 11.5 Å². The molecule has 0 saturated heterocycles. The van der Waals surface area contributed by atoms with Gasteiger partial charge in [-0.1, -0.05) is 12.1 Å². The molecule has 5 aromatic rings. The van der Waals surface area contributed by atoms with E-state index in [0.717, 1.165) is 35.3 Å². The molecule has 0 radical (unpaired) electrons. The number of hydrogen-bond donors (Lipinski definition) is 1. The molecule has 0 aliphatic heterocycles. The second kappa shape index (κ2) is 13.6. The minimum atomic E-state index is -0.473. The highest BCUT2D eigenvalue weighted by Crippen LogP contribution is 2.29. The molecule has 42 heavy (non-hydrogen) atoms. The SMILES string of the molecule is Cc1ccc(C)n1-c1ccc(OCc2ccc(C(=O)N/N=C/c3cc(I)c(OCc4cccc(F)c4)c(I)c3)o2)cc1. The standard InChI is InChI=1S/C32H26FI2N3O4/c1-20-6-7-21(2)38(20)25-8-10-26(11-9-25)40-19-27-12-13-30(42-27)32(39)37-36-17-23-15-28(34)31(29(35)16-23)41-18-22-4-3-5-24(33)14-22/h3-17H,18-19H2,1-2H3,(H,37,39)/b36-17+. The lowest BCUT2D eigenvalue weighted by Gasteiger charge is -2.11. The lowest BCUT2D eigenvalue weighted by atomic mass is 10.2. The second-order valence-corrected chi connectivity index (χ2v) is 11.8. The van der Waals surface area contributed by atoms with Gasteiger partial charge in [-0.15, -0.1) is 0 Å². The van der Waals surface area contributed by atoms with Gasteiger partial charge >= 0.3 is 5.91 Å². The number of nitrogens with one attached hydrogen (secondary N) is 1. The first-order valence-corrected chi connectivity index (χ1v) is 15.1. The molecule has 1 N–H and O–H groups in total. The molecule has 0 unspecified atom stereocenters. The molecule has 1 amide bonds. The number of carbonyl (C=O) groups excluding carboxylic acids is 1. The number of carbonyl (C=O) groups is 1. The summed E-state index contributed by atoms with van der Waals surface area (Å²) < 4.78 is 34.8. The van der Waals surface area contributed by atoms with Gasteiger partial charge in [0.2, 0.25) is 0 Å². The Morgan fingerprint density at radius 3 is 2.33 bits per heavy atom. The Morgan fingerprint density at radius 1 is 0.929 bits per heavy atom. The van der Waals surface area contributed by atoms with Gasteiger partial charge in [0.25, 0.3) is 0 Å². The van der Waals surface area contributed by atoms with E-state index in [1.807, 2.05) is 42.5 Å². The van der Waals surface area contributed by atoms with E-state index in [1.165, 1.54) is 12.1 Å². The maximum absolute atomic E-state index is 13.4. The van der Waals surface area contributed by atoms with Crippen LogP contribution in [0.3, 0.4) is 0 Å². The van der Waals surface area contributed by atoms with Crippen LogP contribution in [0.4, 0.5) is 4.39 Å². The average Bonchev–Trinajstić information content (AvgIpc) is 3.58. The maximum atomic E-state index is 13.4. The molecule has 0 spiro atoms. The van der Waals surface area contributed by atoms with Crippen LogP contribution in [0.15, 0.2) is 94.4 Å². The van der Waals surface area contributed by atoms with Crippen molar-refractivity contribution in [1.29, 1.82) is 0 Å². The normalized spacial score (nSPS) is 11.2. The molecule has 3 aromatic carbocycles. The summed E-state index contributed by atoms with van der Waals surface area (Å²) in [6, 6.07) is 25.4. The molecular weight excluding hydrogens is 763 g/mol. The molecule has 5 rings (SSSR count). The molecule has 10 heteroatoms. The summed E-state index contributed by atoms with van der Waals surface area (Å²) >= 11 is 4.35. The fraction of sp³-hybridized carbons (Fsp3) is 0.125. The molecule has 2 aromatic heterocycles. The van der Waals surface area contributed by atoms with Crippen molar-refractivity contribution < 1.29 is 23.1 Å². The number of aromatic nitrogens is 1. The first-order chi connectivity index (χ1) is 20.3. The van der Waals surface area contributed by atoms with Gasteiger partial charge in [0, 0.05) is 17.1 Å². The first kappa shape index (κ1) is 29.8. The Bertz CT molecular complexity index is 1700. The maximum Gasteiger partial charge on any atom is 0.307 e. The van der Waals surface area contributed by atoms with E-state index in [1.54, 1.807) is 24.4 Å². The Hall–Kier alpha value is -3.65. The fourth-order valence-electron chi connectivity index (χ4n) is 4.29. The predicted molar refractivity (Wildman–Crippen MR) is 176 cm³/mol. The summed E-state index contributed by atoms with van der Waals surface area (Å²) in [6.07, 6.45) is 1.55. The van der Waals surface area contributed by atoms with Gasteiger partial charge in [0.15, 0.2) is 5.76 Å². The van der Waals surface area contributed by atoms with E-state index >= 15 is 0 Å². The van der Waals surface area contributed by atoms with E-state index in [9.17, 15) is 9.18 Å². The van der Waals surface area contributed by atoms with Crippen molar-refractivity contribution in [2.75, 3.05) is 0 Å². The van der Waals surface area contributed by atoms with Crippen molar-refractivity contribution >= 4 is 57.3 Å². The number of nitrogens with zero attached hydrogens (tertiary/aromatic N) is 2. The Morgan fingerprint density at radius 2 is 1.64 bits per heavy atom. The van der Waals surface area contributed by atoms with Crippen LogP contribution in [0.1, 0.15) is 38.8 Å². The quantitative estimate of drug-likeness (QED) is 0.0886. The summed E-state index contributed by atoms with van der Waals surface area (Å²) in [5, 5.41) is 4.07. The van der Waals surface area contributed by atoms with Crippen molar-refractivity contribution in [3.05, 3.63) is 132 Å². The molecule has 0 atom stereocenters. The molecule has 0 fully saturated rings. The number of ether oxygens (including phenoxy) is 2. The van der Waals surface area contributed by atoms with Crippen LogP contribution < -0.4 is 14.9 Å².